The van der Waals surface area contributed by atoms with Gasteiger partial charge in [-0.3, -0.25) is 0 Å². The Morgan fingerprint density at radius 2 is 0.870 bits per heavy atom. The second-order valence-corrected chi connectivity index (χ2v) is 25.2. The molecule has 0 fully saturated rings. The smallest absolute Gasteiger partial charge is 0.314 e. The molecule has 2 atom stereocenters. The number of hydrogen-bond acceptors (Lipinski definition) is 11. The van der Waals surface area contributed by atoms with E-state index in [0.29, 0.717) is 118 Å². The minimum atomic E-state index is -2.28. The van der Waals surface area contributed by atoms with Gasteiger partial charge in [0.1, 0.15) is 0 Å². The van der Waals surface area contributed by atoms with E-state index in [2.05, 4.69) is 60.8 Å². The summed E-state index contributed by atoms with van der Waals surface area (Å²) in [5.74, 6) is 0.641. The molecule has 0 bridgehead atoms. The van der Waals surface area contributed by atoms with Crippen LogP contribution in [-0.2, 0) is 50.9 Å². The first kappa shape index (κ1) is 46.2. The molecule has 278 valence electrons. The van der Waals surface area contributed by atoms with E-state index in [1.807, 2.05) is 0 Å². The summed E-state index contributed by atoms with van der Waals surface area (Å²) in [6, 6.07) is 2.13. The van der Waals surface area contributed by atoms with Crippen molar-refractivity contribution in [1.29, 1.82) is 0 Å². The van der Waals surface area contributed by atoms with Crippen LogP contribution in [0, 0.1) is 5.92 Å². The van der Waals surface area contributed by atoms with E-state index in [1.165, 1.54) is 0 Å². The fourth-order valence-electron chi connectivity index (χ4n) is 4.57. The Kier molecular flexibility index (Phi) is 29.1. The summed E-state index contributed by atoms with van der Waals surface area (Å²) >= 11 is 0. The Morgan fingerprint density at radius 1 is 0.543 bits per heavy atom. The molecule has 0 rings (SSSR count). The maximum atomic E-state index is 6.93. The maximum absolute atomic E-state index is 6.93. The highest BCUT2D eigenvalue weighted by Crippen LogP contribution is 2.33. The average molecular weight is 717 g/mol. The first-order chi connectivity index (χ1) is 21.8. The lowest BCUT2D eigenvalue weighted by atomic mass is 10.3. The van der Waals surface area contributed by atoms with Gasteiger partial charge in [0.05, 0.1) is 106 Å². The van der Waals surface area contributed by atoms with Crippen LogP contribution in [0.4, 0.5) is 0 Å². The van der Waals surface area contributed by atoms with Crippen LogP contribution >= 0.6 is 0 Å². The van der Waals surface area contributed by atoms with E-state index < -0.39 is 25.9 Å². The lowest BCUT2D eigenvalue weighted by Crippen LogP contribution is -2.52. The van der Waals surface area contributed by atoms with Crippen LogP contribution < -0.4 is 0 Å². The second kappa shape index (κ2) is 29.0. The highest BCUT2D eigenvalue weighted by molar-refractivity contribution is 6.85. The third kappa shape index (κ3) is 30.3. The van der Waals surface area contributed by atoms with Gasteiger partial charge in [0.25, 0.3) is 0 Å². The molecule has 11 nitrogen and oxygen atoms in total. The number of ether oxygens (including phenoxy) is 9. The van der Waals surface area contributed by atoms with Crippen LogP contribution in [0.25, 0.3) is 0 Å². The quantitative estimate of drug-likeness (QED) is 0.0643. The molecule has 0 radical (unpaired) electrons. The molecule has 0 N–H and O–H groups in total. The zero-order valence-corrected chi connectivity index (χ0v) is 34.4. The summed E-state index contributed by atoms with van der Waals surface area (Å²) in [6.45, 7) is 30.2. The van der Waals surface area contributed by atoms with Crippen LogP contribution in [-0.4, -0.2) is 145 Å². The number of rotatable bonds is 34. The second-order valence-electron chi connectivity index (χ2n) is 13.7. The molecule has 0 amide bonds. The van der Waals surface area contributed by atoms with Crippen molar-refractivity contribution in [2.24, 2.45) is 5.92 Å². The molecule has 14 heteroatoms. The Labute approximate surface area is 286 Å². The van der Waals surface area contributed by atoms with Crippen LogP contribution in [0.3, 0.4) is 0 Å². The van der Waals surface area contributed by atoms with Crippen LogP contribution in [0.2, 0.25) is 43.3 Å². The average Bonchev–Trinajstić information content (AvgIpc) is 2.95. The highest BCUT2D eigenvalue weighted by Gasteiger charge is 2.41. The van der Waals surface area contributed by atoms with Crippen molar-refractivity contribution in [3.8, 4) is 0 Å². The largest absolute Gasteiger partial charge is 0.439 e. The molecule has 0 saturated heterocycles. The fourth-order valence-corrected chi connectivity index (χ4v) is 18.2. The molecule has 0 saturated carbocycles. The Bertz CT molecular complexity index is 672. The molecular weight excluding hydrogens is 645 g/mol. The van der Waals surface area contributed by atoms with Gasteiger partial charge in [-0.05, 0) is 55.7 Å². The molecule has 46 heavy (non-hydrogen) atoms. The monoisotopic (exact) mass is 716 g/mol. The zero-order chi connectivity index (χ0) is 34.6. The molecule has 0 aliphatic rings. The van der Waals surface area contributed by atoms with Gasteiger partial charge in [-0.2, -0.15) is 0 Å². The third-order valence-corrected chi connectivity index (χ3v) is 19.8. The van der Waals surface area contributed by atoms with E-state index in [1.54, 1.807) is 7.11 Å². The molecule has 0 aromatic rings. The number of methoxy groups -OCH3 is 1. The molecule has 0 aliphatic heterocycles. The summed E-state index contributed by atoms with van der Waals surface area (Å²) in [6.07, 6.45) is 0.949. The van der Waals surface area contributed by atoms with Crippen LogP contribution in [0.5, 0.6) is 0 Å². The molecule has 0 aromatic carbocycles. The van der Waals surface area contributed by atoms with E-state index in [4.69, 9.17) is 50.9 Å². The topological polar surface area (TPSA) is 102 Å². The Hall–Kier alpha value is 0.211. The van der Waals surface area contributed by atoms with E-state index in [9.17, 15) is 0 Å². The predicted molar refractivity (Wildman–Crippen MR) is 191 cm³/mol. The standard InChI is InChI=1S/C32H72O11Si3/c1-31(2)30-45(8,9)43-46(10,42-44(7)32(3,4)5)29-11-12-34-15-16-36-19-20-38-23-24-40-27-28-41-26-25-39-22-21-37-18-17-35-14-13-33-6/h31,44H,11-30H2,1-10H3. The van der Waals surface area contributed by atoms with Crippen molar-refractivity contribution in [1.82, 2.24) is 0 Å². The zero-order valence-electron chi connectivity index (χ0n) is 31.3. The van der Waals surface area contributed by atoms with Crippen molar-refractivity contribution in [3.63, 3.8) is 0 Å². The van der Waals surface area contributed by atoms with Gasteiger partial charge >= 0.3 is 8.56 Å². The van der Waals surface area contributed by atoms with Gasteiger partial charge in [0.2, 0.25) is 0 Å². The summed E-state index contributed by atoms with van der Waals surface area (Å²) in [4.78, 5) is 0. The Morgan fingerprint density at radius 3 is 1.17 bits per heavy atom. The molecular formula is C32H72O11Si3. The lowest BCUT2D eigenvalue weighted by molar-refractivity contribution is -0.0242. The van der Waals surface area contributed by atoms with Crippen molar-refractivity contribution in [2.45, 2.75) is 84.4 Å². The third-order valence-electron chi connectivity index (χ3n) is 6.99. The summed E-state index contributed by atoms with van der Waals surface area (Å²) in [5.41, 5.74) is 0. The van der Waals surface area contributed by atoms with Crippen molar-refractivity contribution in [3.05, 3.63) is 0 Å². The first-order valence-electron chi connectivity index (χ1n) is 17.3. The van der Waals surface area contributed by atoms with Gasteiger partial charge in [0, 0.05) is 13.7 Å². The van der Waals surface area contributed by atoms with Gasteiger partial charge in [0.15, 0.2) is 17.4 Å². The first-order valence-corrected chi connectivity index (χ1v) is 25.1. The molecule has 0 aliphatic carbocycles. The van der Waals surface area contributed by atoms with Crippen molar-refractivity contribution < 1.29 is 50.9 Å². The van der Waals surface area contributed by atoms with Gasteiger partial charge in [-0.1, -0.05) is 34.6 Å². The predicted octanol–water partition coefficient (Wildman–Crippen LogP) is 5.28. The van der Waals surface area contributed by atoms with Crippen LogP contribution in [0.15, 0.2) is 0 Å². The summed E-state index contributed by atoms with van der Waals surface area (Å²) < 4.78 is 63.0. The van der Waals surface area contributed by atoms with Crippen LogP contribution in [0.1, 0.15) is 41.0 Å². The Balaban J connectivity index is 3.67. The SMILES string of the molecule is COCCOCCOCCOCCOCCOCCOCCOCCOCCC[Si](C)(O[SiH](C)C(C)(C)C)O[Si](C)(C)CC(C)C. The minimum absolute atomic E-state index is 0.218. The highest BCUT2D eigenvalue weighted by atomic mass is 28.5. The van der Waals surface area contributed by atoms with Crippen molar-refractivity contribution in [2.75, 3.05) is 119 Å². The molecule has 0 spiro atoms. The molecule has 0 heterocycles. The summed E-state index contributed by atoms with van der Waals surface area (Å²) in [7, 11) is -3.81. The van der Waals surface area contributed by atoms with Gasteiger partial charge in [-0.25, -0.2) is 0 Å². The van der Waals surface area contributed by atoms with Crippen molar-refractivity contribution >= 4 is 25.9 Å². The maximum Gasteiger partial charge on any atom is 0.314 e. The lowest BCUT2D eigenvalue weighted by Gasteiger charge is -2.41. The molecule has 2 unspecified atom stereocenters. The van der Waals surface area contributed by atoms with Gasteiger partial charge < -0.3 is 50.9 Å². The van der Waals surface area contributed by atoms with E-state index in [-0.39, 0.29) is 5.04 Å². The van der Waals surface area contributed by atoms with Gasteiger partial charge in [-0.15, -0.1) is 0 Å². The fraction of sp³-hybridized carbons (Fsp3) is 1.00. The summed E-state index contributed by atoms with van der Waals surface area (Å²) in [5, 5.41) is 0.218. The van der Waals surface area contributed by atoms with E-state index in [0.717, 1.165) is 18.5 Å². The minimum Gasteiger partial charge on any atom is -0.439 e. The van der Waals surface area contributed by atoms with E-state index >= 15 is 0 Å². The molecule has 0 aromatic heterocycles. The number of hydrogen-bond donors (Lipinski definition) is 0. The normalized spacial score (nSPS) is 14.7.